The monoisotopic (exact) mass is 207 g/mol. The van der Waals surface area contributed by atoms with E-state index in [1.165, 1.54) is 0 Å². The van der Waals surface area contributed by atoms with Gasteiger partial charge in [0.05, 0.1) is 6.61 Å². The summed E-state index contributed by atoms with van der Waals surface area (Å²) in [6.07, 6.45) is 0. The van der Waals surface area contributed by atoms with E-state index in [9.17, 15) is 4.79 Å². The third kappa shape index (κ3) is 3.06. The summed E-state index contributed by atoms with van der Waals surface area (Å²) in [7, 11) is 0. The predicted molar refractivity (Wildman–Crippen MR) is 59.9 cm³/mol. The summed E-state index contributed by atoms with van der Waals surface area (Å²) in [5.74, 6) is -0.131. The lowest BCUT2D eigenvalue weighted by atomic mass is 10.1. The largest absolute Gasteiger partial charge is 0.394 e. The molecule has 1 atom stereocenters. The van der Waals surface area contributed by atoms with Gasteiger partial charge in [-0.3, -0.25) is 4.79 Å². The van der Waals surface area contributed by atoms with E-state index in [4.69, 9.17) is 5.11 Å². The molecule has 2 N–H and O–H groups in total. The molecule has 0 saturated heterocycles. The molecule has 15 heavy (non-hydrogen) atoms. The summed E-state index contributed by atoms with van der Waals surface area (Å²) in [6, 6.07) is 5.48. The quantitative estimate of drug-likeness (QED) is 0.787. The fraction of sp³-hybridized carbons (Fsp3) is 0.417. The lowest BCUT2D eigenvalue weighted by Crippen LogP contribution is -2.35. The Hall–Kier alpha value is -1.35. The second-order valence-electron chi connectivity index (χ2n) is 3.88. The van der Waals surface area contributed by atoms with E-state index >= 15 is 0 Å². The highest BCUT2D eigenvalue weighted by atomic mass is 16.3. The molecule has 3 heteroatoms. The average molecular weight is 207 g/mol. The number of hydrogen-bond acceptors (Lipinski definition) is 2. The Balaban J connectivity index is 2.82. The van der Waals surface area contributed by atoms with Gasteiger partial charge in [-0.1, -0.05) is 17.7 Å². The molecule has 0 spiro atoms. The van der Waals surface area contributed by atoms with Gasteiger partial charge in [0.1, 0.15) is 0 Å². The van der Waals surface area contributed by atoms with Crippen LogP contribution in [0.4, 0.5) is 0 Å². The van der Waals surface area contributed by atoms with Crippen LogP contribution in [0.3, 0.4) is 0 Å². The minimum atomic E-state index is -0.210. The van der Waals surface area contributed by atoms with Gasteiger partial charge >= 0.3 is 0 Å². The number of carbonyl (C=O) groups is 1. The number of aliphatic hydroxyl groups excluding tert-OH is 1. The topological polar surface area (TPSA) is 49.3 Å². The Kier molecular flexibility index (Phi) is 3.86. The Morgan fingerprint density at radius 1 is 1.47 bits per heavy atom. The summed E-state index contributed by atoms with van der Waals surface area (Å²) in [5, 5.41) is 11.5. The van der Waals surface area contributed by atoms with Crippen molar-refractivity contribution in [1.82, 2.24) is 5.32 Å². The molecule has 0 saturated carbocycles. The van der Waals surface area contributed by atoms with Crippen molar-refractivity contribution in [2.45, 2.75) is 26.8 Å². The first-order valence-corrected chi connectivity index (χ1v) is 5.03. The maximum absolute atomic E-state index is 11.7. The smallest absolute Gasteiger partial charge is 0.251 e. The van der Waals surface area contributed by atoms with E-state index < -0.39 is 0 Å². The minimum absolute atomic E-state index is 0.0450. The van der Waals surface area contributed by atoms with Gasteiger partial charge < -0.3 is 10.4 Å². The number of nitrogens with one attached hydrogen (secondary N) is 1. The van der Waals surface area contributed by atoms with Crippen molar-refractivity contribution < 1.29 is 9.90 Å². The third-order valence-electron chi connectivity index (χ3n) is 2.28. The van der Waals surface area contributed by atoms with E-state index in [0.717, 1.165) is 11.1 Å². The van der Waals surface area contributed by atoms with Gasteiger partial charge in [0.15, 0.2) is 0 Å². The van der Waals surface area contributed by atoms with Crippen LogP contribution in [-0.2, 0) is 0 Å². The van der Waals surface area contributed by atoms with E-state index in [0.29, 0.717) is 5.56 Å². The normalized spacial score (nSPS) is 12.3. The Bertz CT molecular complexity index is 361. The fourth-order valence-electron chi connectivity index (χ4n) is 1.42. The Labute approximate surface area is 90.1 Å². The predicted octanol–water partition coefficient (Wildman–Crippen LogP) is 1.41. The third-order valence-corrected chi connectivity index (χ3v) is 2.28. The minimum Gasteiger partial charge on any atom is -0.394 e. The van der Waals surface area contributed by atoms with Gasteiger partial charge in [0.25, 0.3) is 5.91 Å². The van der Waals surface area contributed by atoms with E-state index in [-0.39, 0.29) is 18.6 Å². The van der Waals surface area contributed by atoms with Crippen molar-refractivity contribution in [2.24, 2.45) is 0 Å². The van der Waals surface area contributed by atoms with Crippen LogP contribution >= 0.6 is 0 Å². The van der Waals surface area contributed by atoms with Crippen molar-refractivity contribution in [1.29, 1.82) is 0 Å². The molecule has 1 amide bonds. The van der Waals surface area contributed by atoms with E-state index in [2.05, 4.69) is 5.32 Å². The number of carbonyl (C=O) groups excluding carboxylic acids is 1. The lowest BCUT2D eigenvalue weighted by molar-refractivity contribution is 0.0921. The first kappa shape index (κ1) is 11.7. The van der Waals surface area contributed by atoms with Gasteiger partial charge in [-0.25, -0.2) is 0 Å². The maximum atomic E-state index is 11.7. The number of aliphatic hydroxyl groups is 1. The van der Waals surface area contributed by atoms with Crippen LogP contribution < -0.4 is 5.32 Å². The number of rotatable bonds is 3. The van der Waals surface area contributed by atoms with Crippen molar-refractivity contribution in [3.63, 3.8) is 0 Å². The van der Waals surface area contributed by atoms with Crippen molar-refractivity contribution in [3.05, 3.63) is 34.9 Å². The average Bonchev–Trinajstić information content (AvgIpc) is 2.17. The molecular formula is C12H17NO2. The first-order chi connectivity index (χ1) is 7.04. The molecule has 1 rings (SSSR count). The van der Waals surface area contributed by atoms with Gasteiger partial charge in [0, 0.05) is 11.6 Å². The highest BCUT2D eigenvalue weighted by Crippen LogP contribution is 2.10. The summed E-state index contributed by atoms with van der Waals surface area (Å²) in [6.45, 7) is 5.62. The maximum Gasteiger partial charge on any atom is 0.251 e. The molecular weight excluding hydrogens is 190 g/mol. The van der Waals surface area contributed by atoms with Crippen molar-refractivity contribution >= 4 is 5.91 Å². The molecule has 1 aromatic rings. The second kappa shape index (κ2) is 4.94. The van der Waals surface area contributed by atoms with Gasteiger partial charge in [-0.2, -0.15) is 0 Å². The van der Waals surface area contributed by atoms with E-state index in [1.807, 2.05) is 32.0 Å². The zero-order valence-corrected chi connectivity index (χ0v) is 9.37. The number of amides is 1. The molecule has 0 aliphatic heterocycles. The molecule has 0 fully saturated rings. The lowest BCUT2D eigenvalue weighted by Gasteiger charge is -2.12. The fourth-order valence-corrected chi connectivity index (χ4v) is 1.42. The molecule has 0 aromatic heterocycles. The van der Waals surface area contributed by atoms with Crippen LogP contribution in [0.1, 0.15) is 28.4 Å². The highest BCUT2D eigenvalue weighted by Gasteiger charge is 2.10. The second-order valence-corrected chi connectivity index (χ2v) is 3.88. The summed E-state index contributed by atoms with van der Waals surface area (Å²) in [4.78, 5) is 11.7. The Morgan fingerprint density at radius 2 is 2.13 bits per heavy atom. The molecule has 0 bridgehead atoms. The number of benzene rings is 1. The number of hydrogen-bond donors (Lipinski definition) is 2. The SMILES string of the molecule is Cc1ccc(C(=O)NC(C)CO)c(C)c1. The molecule has 82 valence electrons. The van der Waals surface area contributed by atoms with E-state index in [1.54, 1.807) is 6.92 Å². The molecule has 1 aromatic carbocycles. The van der Waals surface area contributed by atoms with Gasteiger partial charge in [0.2, 0.25) is 0 Å². The summed E-state index contributed by atoms with van der Waals surface area (Å²) >= 11 is 0. The van der Waals surface area contributed by atoms with Crippen LogP contribution in [0.5, 0.6) is 0 Å². The first-order valence-electron chi connectivity index (χ1n) is 5.03. The van der Waals surface area contributed by atoms with Crippen LogP contribution in [0.25, 0.3) is 0 Å². The molecule has 0 aliphatic carbocycles. The standard InChI is InChI=1S/C12H17NO2/c1-8-4-5-11(9(2)6-8)12(15)13-10(3)7-14/h4-6,10,14H,7H2,1-3H3,(H,13,15). The van der Waals surface area contributed by atoms with Crippen LogP contribution in [0.15, 0.2) is 18.2 Å². The van der Waals surface area contributed by atoms with Gasteiger partial charge in [-0.15, -0.1) is 0 Å². The molecule has 3 nitrogen and oxygen atoms in total. The van der Waals surface area contributed by atoms with Gasteiger partial charge in [-0.05, 0) is 32.4 Å². The zero-order valence-electron chi connectivity index (χ0n) is 9.37. The molecule has 0 radical (unpaired) electrons. The van der Waals surface area contributed by atoms with Crippen molar-refractivity contribution in [3.8, 4) is 0 Å². The Morgan fingerprint density at radius 3 is 2.67 bits per heavy atom. The molecule has 0 aliphatic rings. The van der Waals surface area contributed by atoms with Crippen LogP contribution in [0, 0.1) is 13.8 Å². The number of aryl methyl sites for hydroxylation is 2. The summed E-state index contributed by atoms with van der Waals surface area (Å²) < 4.78 is 0. The van der Waals surface area contributed by atoms with Crippen molar-refractivity contribution in [2.75, 3.05) is 6.61 Å². The van der Waals surface area contributed by atoms with Crippen LogP contribution in [-0.4, -0.2) is 23.7 Å². The van der Waals surface area contributed by atoms with Crippen LogP contribution in [0.2, 0.25) is 0 Å². The zero-order chi connectivity index (χ0) is 11.4. The highest BCUT2D eigenvalue weighted by molar-refractivity contribution is 5.95. The molecule has 1 unspecified atom stereocenters. The molecule has 0 heterocycles. The summed E-state index contributed by atoms with van der Waals surface area (Å²) in [5.41, 5.74) is 2.76.